The summed E-state index contributed by atoms with van der Waals surface area (Å²) in [6, 6.07) is 8.94. The van der Waals surface area contributed by atoms with E-state index in [1.54, 1.807) is 11.3 Å². The first-order valence-electron chi connectivity index (χ1n) is 8.60. The molecular weight excluding hydrogens is 370 g/mol. The third-order valence-corrected chi connectivity index (χ3v) is 7.47. The van der Waals surface area contributed by atoms with Crippen molar-refractivity contribution in [1.29, 1.82) is 0 Å². The molecule has 1 heterocycles. The first-order valence-corrected chi connectivity index (χ1v) is 10.2. The van der Waals surface area contributed by atoms with E-state index in [0.717, 1.165) is 43.8 Å². The molecule has 23 heavy (non-hydrogen) atoms. The lowest BCUT2D eigenvalue weighted by Gasteiger charge is -2.54. The summed E-state index contributed by atoms with van der Waals surface area (Å²) in [5.41, 5.74) is 1.14. The second-order valence-electron chi connectivity index (χ2n) is 7.52. The van der Waals surface area contributed by atoms with Crippen LogP contribution in [0.4, 0.5) is 5.13 Å². The molecule has 1 aromatic carbocycles. The zero-order valence-corrected chi connectivity index (χ0v) is 15.3. The molecule has 4 fully saturated rings. The van der Waals surface area contributed by atoms with E-state index in [2.05, 4.69) is 55.7 Å². The number of hydrogen-bond donors (Lipinski definition) is 1. The van der Waals surface area contributed by atoms with Crippen molar-refractivity contribution in [2.75, 3.05) is 5.32 Å². The van der Waals surface area contributed by atoms with Crippen molar-refractivity contribution in [3.05, 3.63) is 28.7 Å². The zero-order chi connectivity index (χ0) is 15.4. The molecule has 4 aliphatic rings. The largest absolute Gasteiger partial charge is 0.357 e. The minimum absolute atomic E-state index is 0.633. The number of nitrogens with one attached hydrogen (secondary N) is 1. The van der Waals surface area contributed by atoms with Crippen LogP contribution in [0.1, 0.15) is 32.1 Å². The van der Waals surface area contributed by atoms with Crippen molar-refractivity contribution < 1.29 is 0 Å². The molecular formula is C18H20BrN3S. The first-order chi connectivity index (χ1) is 11.2. The Morgan fingerprint density at radius 3 is 2.22 bits per heavy atom. The highest BCUT2D eigenvalue weighted by Crippen LogP contribution is 2.54. The van der Waals surface area contributed by atoms with Crippen LogP contribution in [0.15, 0.2) is 28.7 Å². The molecule has 0 spiro atoms. The monoisotopic (exact) mass is 389 g/mol. The van der Waals surface area contributed by atoms with Crippen LogP contribution in [0.3, 0.4) is 0 Å². The second-order valence-corrected chi connectivity index (χ2v) is 9.41. The minimum atomic E-state index is 0.633. The molecule has 0 unspecified atom stereocenters. The van der Waals surface area contributed by atoms with Crippen LogP contribution in [-0.4, -0.2) is 16.2 Å². The van der Waals surface area contributed by atoms with Gasteiger partial charge >= 0.3 is 0 Å². The predicted octanol–water partition coefficient (Wildman–Crippen LogP) is 5.20. The summed E-state index contributed by atoms with van der Waals surface area (Å²) < 4.78 is 1.10. The number of aromatic nitrogens is 2. The van der Waals surface area contributed by atoms with E-state index in [0.29, 0.717) is 6.04 Å². The SMILES string of the molecule is Brc1ccc(-c2nnc(NC3C4CC5CC(C4)CC3C5)s2)cc1. The number of anilines is 1. The lowest BCUT2D eigenvalue weighted by atomic mass is 9.54. The Balaban J connectivity index is 1.34. The summed E-state index contributed by atoms with van der Waals surface area (Å²) in [6.07, 6.45) is 7.24. The molecule has 4 aliphatic carbocycles. The van der Waals surface area contributed by atoms with Crippen LogP contribution in [-0.2, 0) is 0 Å². The van der Waals surface area contributed by atoms with Gasteiger partial charge in [0.1, 0.15) is 5.01 Å². The third-order valence-electron chi connectivity index (χ3n) is 6.03. The van der Waals surface area contributed by atoms with Gasteiger partial charge in [0.15, 0.2) is 0 Å². The van der Waals surface area contributed by atoms with Gasteiger partial charge in [0, 0.05) is 16.1 Å². The van der Waals surface area contributed by atoms with Crippen molar-refractivity contribution in [2.24, 2.45) is 23.7 Å². The molecule has 5 heteroatoms. The topological polar surface area (TPSA) is 37.8 Å². The molecule has 3 nitrogen and oxygen atoms in total. The van der Waals surface area contributed by atoms with E-state index in [9.17, 15) is 0 Å². The van der Waals surface area contributed by atoms with E-state index in [1.807, 2.05) is 0 Å². The molecule has 0 radical (unpaired) electrons. The van der Waals surface area contributed by atoms with E-state index >= 15 is 0 Å². The molecule has 0 saturated heterocycles. The molecule has 1 N–H and O–H groups in total. The predicted molar refractivity (Wildman–Crippen MR) is 97.5 cm³/mol. The van der Waals surface area contributed by atoms with Gasteiger partial charge in [-0.05, 0) is 67.9 Å². The fourth-order valence-electron chi connectivity index (χ4n) is 5.29. The molecule has 0 amide bonds. The van der Waals surface area contributed by atoms with Gasteiger partial charge in [0.05, 0.1) is 0 Å². The fourth-order valence-corrected chi connectivity index (χ4v) is 6.35. The van der Waals surface area contributed by atoms with E-state index in [-0.39, 0.29) is 0 Å². The van der Waals surface area contributed by atoms with Gasteiger partial charge in [0.2, 0.25) is 5.13 Å². The van der Waals surface area contributed by atoms with Gasteiger partial charge in [0.25, 0.3) is 0 Å². The molecule has 0 aliphatic heterocycles. The number of hydrogen-bond acceptors (Lipinski definition) is 4. The van der Waals surface area contributed by atoms with E-state index in [4.69, 9.17) is 0 Å². The standard InChI is InChI=1S/C18H20BrN3S/c19-15-3-1-12(2-4-15)17-21-22-18(23-17)20-16-13-6-10-5-11(8-13)9-14(16)7-10/h1-4,10-11,13-14,16H,5-9H2,(H,20,22). The van der Waals surface area contributed by atoms with Crippen molar-refractivity contribution in [1.82, 2.24) is 10.2 Å². The quantitative estimate of drug-likeness (QED) is 0.783. The summed E-state index contributed by atoms with van der Waals surface area (Å²) in [5, 5.41) is 14.6. The van der Waals surface area contributed by atoms with Crippen molar-refractivity contribution in [3.8, 4) is 10.6 Å². The van der Waals surface area contributed by atoms with Gasteiger partial charge in [-0.15, -0.1) is 10.2 Å². The Labute approximate surface area is 149 Å². The Bertz CT molecular complexity index is 683. The summed E-state index contributed by atoms with van der Waals surface area (Å²) >= 11 is 5.17. The fraction of sp³-hybridized carbons (Fsp3) is 0.556. The van der Waals surface area contributed by atoms with Crippen LogP contribution < -0.4 is 5.32 Å². The highest BCUT2D eigenvalue weighted by molar-refractivity contribution is 9.10. The average molecular weight is 390 g/mol. The molecule has 2 aromatic rings. The summed E-state index contributed by atoms with van der Waals surface area (Å²) in [7, 11) is 0. The van der Waals surface area contributed by atoms with Gasteiger partial charge in [-0.2, -0.15) is 0 Å². The van der Waals surface area contributed by atoms with Crippen LogP contribution in [0, 0.1) is 23.7 Å². The van der Waals surface area contributed by atoms with Crippen molar-refractivity contribution >= 4 is 32.4 Å². The molecule has 120 valence electrons. The highest BCUT2D eigenvalue weighted by Gasteiger charge is 2.48. The Hall–Kier alpha value is -0.940. The minimum Gasteiger partial charge on any atom is -0.357 e. The van der Waals surface area contributed by atoms with Crippen molar-refractivity contribution in [2.45, 2.75) is 38.1 Å². The van der Waals surface area contributed by atoms with E-state index in [1.165, 1.54) is 32.1 Å². The van der Waals surface area contributed by atoms with Gasteiger partial charge in [-0.25, -0.2) is 0 Å². The van der Waals surface area contributed by atoms with Crippen LogP contribution in [0.25, 0.3) is 10.6 Å². The second kappa shape index (κ2) is 5.55. The smallest absolute Gasteiger partial charge is 0.206 e. The maximum absolute atomic E-state index is 4.41. The van der Waals surface area contributed by atoms with Gasteiger partial charge in [-0.3, -0.25) is 0 Å². The van der Waals surface area contributed by atoms with Gasteiger partial charge < -0.3 is 5.32 Å². The number of halogens is 1. The normalized spacial score (nSPS) is 34.7. The Morgan fingerprint density at radius 2 is 1.57 bits per heavy atom. The molecule has 4 bridgehead atoms. The average Bonchev–Trinajstić information content (AvgIpc) is 2.99. The lowest BCUT2D eigenvalue weighted by Crippen LogP contribution is -2.51. The third kappa shape index (κ3) is 2.62. The highest BCUT2D eigenvalue weighted by atomic mass is 79.9. The molecule has 0 atom stereocenters. The Kier molecular flexibility index (Phi) is 3.48. The maximum Gasteiger partial charge on any atom is 0.206 e. The first kappa shape index (κ1) is 14.4. The number of benzene rings is 1. The summed E-state index contributed by atoms with van der Waals surface area (Å²) in [6.45, 7) is 0. The molecule has 6 rings (SSSR count). The summed E-state index contributed by atoms with van der Waals surface area (Å²) in [5.74, 6) is 3.77. The van der Waals surface area contributed by atoms with Gasteiger partial charge in [-0.1, -0.05) is 39.4 Å². The van der Waals surface area contributed by atoms with E-state index < -0.39 is 0 Å². The molecule has 1 aromatic heterocycles. The number of rotatable bonds is 3. The summed E-state index contributed by atoms with van der Waals surface area (Å²) in [4.78, 5) is 0. The van der Waals surface area contributed by atoms with Crippen LogP contribution in [0.2, 0.25) is 0 Å². The van der Waals surface area contributed by atoms with Crippen LogP contribution >= 0.6 is 27.3 Å². The van der Waals surface area contributed by atoms with Crippen LogP contribution in [0.5, 0.6) is 0 Å². The lowest BCUT2D eigenvalue weighted by molar-refractivity contribution is 0.00752. The molecule has 4 saturated carbocycles. The zero-order valence-electron chi connectivity index (χ0n) is 12.9. The maximum atomic E-state index is 4.41. The van der Waals surface area contributed by atoms with Crippen molar-refractivity contribution in [3.63, 3.8) is 0 Å². The number of nitrogens with zero attached hydrogens (tertiary/aromatic N) is 2. The Morgan fingerprint density at radius 1 is 0.913 bits per heavy atom.